The van der Waals surface area contributed by atoms with Crippen molar-refractivity contribution >= 4 is 0 Å². The van der Waals surface area contributed by atoms with Crippen molar-refractivity contribution in [2.45, 2.75) is 38.2 Å². The quantitative estimate of drug-likeness (QED) is 0.490. The van der Waals surface area contributed by atoms with Gasteiger partial charge in [-0.15, -0.1) is 0 Å². The van der Waals surface area contributed by atoms with Crippen molar-refractivity contribution in [1.29, 1.82) is 0 Å². The van der Waals surface area contributed by atoms with Crippen LogP contribution in [0.15, 0.2) is 36.4 Å². The predicted octanol–water partition coefficient (Wildman–Crippen LogP) is 5.21. The summed E-state index contributed by atoms with van der Waals surface area (Å²) in [5.41, 5.74) is -2.74. The molecule has 1 unspecified atom stereocenters. The Kier molecular flexibility index (Phi) is 7.06. The second-order valence-electron chi connectivity index (χ2n) is 6.32. The van der Waals surface area contributed by atoms with Gasteiger partial charge in [0.15, 0.2) is 0 Å². The molecule has 0 amide bonds. The summed E-state index contributed by atoms with van der Waals surface area (Å²) < 4.78 is 78.4. The van der Waals surface area contributed by atoms with Crippen molar-refractivity contribution in [1.82, 2.24) is 10.3 Å². The van der Waals surface area contributed by atoms with Gasteiger partial charge in [-0.2, -0.15) is 26.3 Å². The largest absolute Gasteiger partial charge is 0.433 e. The fourth-order valence-corrected chi connectivity index (χ4v) is 2.55. The van der Waals surface area contributed by atoms with Gasteiger partial charge in [0.2, 0.25) is 0 Å². The lowest BCUT2D eigenvalue weighted by molar-refractivity contribution is -0.141. The van der Waals surface area contributed by atoms with Crippen molar-refractivity contribution in [3.63, 3.8) is 0 Å². The van der Waals surface area contributed by atoms with Crippen LogP contribution in [0.3, 0.4) is 0 Å². The molecule has 0 radical (unpaired) electrons. The molecule has 0 aliphatic heterocycles. The van der Waals surface area contributed by atoms with Crippen LogP contribution < -0.4 is 5.32 Å². The van der Waals surface area contributed by atoms with E-state index >= 15 is 0 Å². The molecule has 2 rings (SSSR count). The van der Waals surface area contributed by atoms with Gasteiger partial charge in [-0.05, 0) is 42.8 Å². The molecule has 0 saturated carbocycles. The summed E-state index contributed by atoms with van der Waals surface area (Å²) >= 11 is 0. The zero-order valence-corrected chi connectivity index (χ0v) is 15.0. The van der Waals surface area contributed by atoms with E-state index in [9.17, 15) is 31.4 Å². The number of nitrogens with one attached hydrogen (secondary N) is 1. The van der Waals surface area contributed by atoms with Crippen molar-refractivity contribution in [2.75, 3.05) is 13.1 Å². The van der Waals surface area contributed by atoms with Crippen LogP contribution in [0.4, 0.5) is 26.3 Å². The molecule has 2 aromatic rings. The number of hydrogen-bond acceptors (Lipinski definition) is 3. The molecule has 0 fully saturated rings. The lowest BCUT2D eigenvalue weighted by Gasteiger charge is -2.16. The number of halogens is 6. The molecule has 0 aliphatic rings. The molecular formula is C19H20F6N2O. The number of pyridine rings is 1. The SMILES string of the molecule is CCCCNCC(O)c1cc(-c2cccc(C(F)(F)F)c2)nc(C(F)(F)F)c1. The highest BCUT2D eigenvalue weighted by Gasteiger charge is 2.34. The first-order valence-electron chi connectivity index (χ1n) is 8.68. The Morgan fingerprint density at radius 1 is 1.04 bits per heavy atom. The standard InChI is InChI=1S/C19H20F6N2O/c1-2-3-7-26-11-16(28)13-9-15(27-17(10-13)19(23,24)25)12-5-4-6-14(8-12)18(20,21)22/h4-6,8-10,16,26,28H,2-3,7,11H2,1H3. The number of nitrogens with zero attached hydrogens (tertiary/aromatic N) is 1. The van der Waals surface area contributed by atoms with E-state index in [0.29, 0.717) is 12.6 Å². The summed E-state index contributed by atoms with van der Waals surface area (Å²) in [5.74, 6) is 0. The molecule has 3 nitrogen and oxygen atoms in total. The lowest BCUT2D eigenvalue weighted by Crippen LogP contribution is -2.23. The Labute approximate surface area is 158 Å². The average molecular weight is 406 g/mol. The predicted molar refractivity (Wildman–Crippen MR) is 92.4 cm³/mol. The van der Waals surface area contributed by atoms with Crippen molar-refractivity contribution < 1.29 is 31.4 Å². The Morgan fingerprint density at radius 3 is 2.36 bits per heavy atom. The normalized spacial score (nSPS) is 13.6. The minimum atomic E-state index is -4.80. The second-order valence-corrected chi connectivity index (χ2v) is 6.32. The highest BCUT2D eigenvalue weighted by atomic mass is 19.4. The Morgan fingerprint density at radius 2 is 1.75 bits per heavy atom. The maximum atomic E-state index is 13.2. The third-order valence-electron chi connectivity index (χ3n) is 4.05. The third-order valence-corrected chi connectivity index (χ3v) is 4.05. The Bertz CT molecular complexity index is 789. The molecule has 1 heterocycles. The molecule has 9 heteroatoms. The summed E-state index contributed by atoms with van der Waals surface area (Å²) in [6, 6.07) is 5.79. The van der Waals surface area contributed by atoms with Crippen molar-refractivity contribution in [2.24, 2.45) is 0 Å². The number of aliphatic hydroxyl groups is 1. The number of benzene rings is 1. The fraction of sp³-hybridized carbons (Fsp3) is 0.421. The minimum absolute atomic E-state index is 0.0172. The highest BCUT2D eigenvalue weighted by Crippen LogP contribution is 2.35. The lowest BCUT2D eigenvalue weighted by atomic mass is 10.0. The molecule has 0 spiro atoms. The molecule has 0 saturated heterocycles. The first kappa shape index (κ1) is 22.2. The molecule has 0 aliphatic carbocycles. The average Bonchev–Trinajstić information content (AvgIpc) is 2.63. The van der Waals surface area contributed by atoms with Gasteiger partial charge in [-0.3, -0.25) is 0 Å². The van der Waals surface area contributed by atoms with Crippen LogP contribution in [0.2, 0.25) is 0 Å². The zero-order chi connectivity index (χ0) is 20.9. The number of aliphatic hydroxyl groups excluding tert-OH is 1. The molecule has 154 valence electrons. The van der Waals surface area contributed by atoms with Crippen LogP contribution in [0.25, 0.3) is 11.3 Å². The first-order valence-corrected chi connectivity index (χ1v) is 8.68. The van der Waals surface area contributed by atoms with Gasteiger partial charge < -0.3 is 10.4 Å². The first-order chi connectivity index (χ1) is 13.0. The molecule has 1 atom stereocenters. The zero-order valence-electron chi connectivity index (χ0n) is 15.0. The van der Waals surface area contributed by atoms with Crippen LogP contribution in [0.1, 0.15) is 42.7 Å². The van der Waals surface area contributed by atoms with E-state index in [-0.39, 0.29) is 23.4 Å². The Balaban J connectivity index is 2.42. The van der Waals surface area contributed by atoms with Crippen LogP contribution in [-0.4, -0.2) is 23.2 Å². The molecular weight excluding hydrogens is 386 g/mol. The fourth-order valence-electron chi connectivity index (χ4n) is 2.55. The number of unbranched alkanes of at least 4 members (excludes halogenated alkanes) is 1. The van der Waals surface area contributed by atoms with E-state index in [1.165, 1.54) is 12.1 Å². The van der Waals surface area contributed by atoms with E-state index in [0.717, 1.165) is 31.0 Å². The number of alkyl halides is 6. The number of rotatable bonds is 7. The second kappa shape index (κ2) is 8.91. The summed E-state index contributed by atoms with van der Waals surface area (Å²) in [4.78, 5) is 3.47. The van der Waals surface area contributed by atoms with Crippen LogP contribution in [-0.2, 0) is 12.4 Å². The van der Waals surface area contributed by atoms with E-state index in [1.807, 2.05) is 6.92 Å². The topological polar surface area (TPSA) is 45.1 Å². The summed E-state index contributed by atoms with van der Waals surface area (Å²) in [6.07, 6.45) is -8.95. The van der Waals surface area contributed by atoms with Crippen LogP contribution in [0, 0.1) is 0 Å². The van der Waals surface area contributed by atoms with Gasteiger partial charge in [-0.1, -0.05) is 25.5 Å². The summed E-state index contributed by atoms with van der Waals surface area (Å²) in [5, 5.41) is 13.2. The monoisotopic (exact) mass is 406 g/mol. The van der Waals surface area contributed by atoms with Gasteiger partial charge in [0.25, 0.3) is 0 Å². The maximum absolute atomic E-state index is 13.2. The number of aromatic nitrogens is 1. The van der Waals surface area contributed by atoms with Gasteiger partial charge in [0, 0.05) is 12.1 Å². The van der Waals surface area contributed by atoms with Gasteiger partial charge in [0.1, 0.15) is 5.69 Å². The summed E-state index contributed by atoms with van der Waals surface area (Å²) in [6.45, 7) is 2.58. The highest BCUT2D eigenvalue weighted by molar-refractivity contribution is 5.61. The van der Waals surface area contributed by atoms with Crippen molar-refractivity contribution in [3.05, 3.63) is 53.2 Å². The minimum Gasteiger partial charge on any atom is -0.387 e. The maximum Gasteiger partial charge on any atom is 0.433 e. The molecule has 28 heavy (non-hydrogen) atoms. The van der Waals surface area contributed by atoms with E-state index in [1.54, 1.807) is 0 Å². The smallest absolute Gasteiger partial charge is 0.387 e. The van der Waals surface area contributed by atoms with E-state index < -0.39 is 29.7 Å². The van der Waals surface area contributed by atoms with Gasteiger partial charge in [0.05, 0.1) is 17.4 Å². The summed E-state index contributed by atoms with van der Waals surface area (Å²) in [7, 11) is 0. The number of hydrogen-bond donors (Lipinski definition) is 2. The van der Waals surface area contributed by atoms with E-state index in [2.05, 4.69) is 10.3 Å². The molecule has 0 bridgehead atoms. The molecule has 1 aromatic carbocycles. The molecule has 2 N–H and O–H groups in total. The van der Waals surface area contributed by atoms with Crippen molar-refractivity contribution in [3.8, 4) is 11.3 Å². The van der Waals surface area contributed by atoms with Gasteiger partial charge in [-0.25, -0.2) is 4.98 Å². The van der Waals surface area contributed by atoms with Crippen LogP contribution in [0.5, 0.6) is 0 Å². The third kappa shape index (κ3) is 5.93. The van der Waals surface area contributed by atoms with Crippen LogP contribution >= 0.6 is 0 Å². The van der Waals surface area contributed by atoms with E-state index in [4.69, 9.17) is 0 Å². The molecule has 1 aromatic heterocycles. The Hall–Kier alpha value is -2.13. The van der Waals surface area contributed by atoms with Gasteiger partial charge >= 0.3 is 12.4 Å².